The third-order valence-corrected chi connectivity index (χ3v) is 3.29. The van der Waals surface area contributed by atoms with Gasteiger partial charge in [0.2, 0.25) is 0 Å². The Hall–Kier alpha value is -1.98. The van der Waals surface area contributed by atoms with E-state index in [0.29, 0.717) is 16.8 Å². The minimum atomic E-state index is -4.24. The average Bonchev–Trinajstić information content (AvgIpc) is 3.17. The van der Waals surface area contributed by atoms with Crippen LogP contribution < -0.4 is 4.90 Å². The number of hydrogen-bond acceptors (Lipinski definition) is 2. The van der Waals surface area contributed by atoms with Crippen LogP contribution in [0.1, 0.15) is 24.0 Å². The molecule has 1 aliphatic rings. The number of halogens is 3. The SMILES string of the molecule is Cc1cc(C=CC(=O)O)ccc1N(CC(F)(F)F)C1CC1. The zero-order chi connectivity index (χ0) is 15.6. The van der Waals surface area contributed by atoms with Gasteiger partial charge in [-0.2, -0.15) is 13.2 Å². The van der Waals surface area contributed by atoms with Crippen molar-refractivity contribution in [1.29, 1.82) is 0 Å². The number of benzene rings is 1. The van der Waals surface area contributed by atoms with Crippen LogP contribution in [0, 0.1) is 6.92 Å². The van der Waals surface area contributed by atoms with Gasteiger partial charge in [0.1, 0.15) is 6.54 Å². The van der Waals surface area contributed by atoms with Gasteiger partial charge < -0.3 is 10.0 Å². The molecule has 0 aliphatic heterocycles. The first kappa shape index (κ1) is 15.4. The van der Waals surface area contributed by atoms with Crippen LogP contribution in [0.15, 0.2) is 24.3 Å². The van der Waals surface area contributed by atoms with E-state index < -0.39 is 18.7 Å². The Morgan fingerprint density at radius 3 is 2.57 bits per heavy atom. The second-order valence-corrected chi connectivity index (χ2v) is 5.19. The molecule has 0 bridgehead atoms. The summed E-state index contributed by atoms with van der Waals surface area (Å²) in [5, 5.41) is 8.58. The molecule has 1 aliphatic carbocycles. The van der Waals surface area contributed by atoms with Crippen molar-refractivity contribution in [3.8, 4) is 0 Å². The Labute approximate surface area is 120 Å². The Balaban J connectivity index is 2.23. The van der Waals surface area contributed by atoms with Crippen molar-refractivity contribution in [2.24, 2.45) is 0 Å². The second-order valence-electron chi connectivity index (χ2n) is 5.19. The first-order valence-electron chi connectivity index (χ1n) is 6.61. The molecule has 0 aromatic heterocycles. The van der Waals surface area contributed by atoms with Gasteiger partial charge in [0.25, 0.3) is 0 Å². The molecule has 0 heterocycles. The van der Waals surface area contributed by atoms with Gasteiger partial charge in [0, 0.05) is 17.8 Å². The monoisotopic (exact) mass is 299 g/mol. The molecule has 1 fully saturated rings. The maximum Gasteiger partial charge on any atom is 0.405 e. The van der Waals surface area contributed by atoms with Gasteiger partial charge in [0.15, 0.2) is 0 Å². The molecule has 0 saturated heterocycles. The lowest BCUT2D eigenvalue weighted by Gasteiger charge is -2.27. The third kappa shape index (κ3) is 4.51. The van der Waals surface area contributed by atoms with Crippen molar-refractivity contribution in [2.75, 3.05) is 11.4 Å². The fraction of sp³-hybridized carbons (Fsp3) is 0.400. The number of carboxylic acid groups (broad SMARTS) is 1. The molecule has 3 nitrogen and oxygen atoms in total. The van der Waals surface area contributed by atoms with E-state index in [1.807, 2.05) is 0 Å². The van der Waals surface area contributed by atoms with Crippen LogP contribution in [0.3, 0.4) is 0 Å². The van der Waals surface area contributed by atoms with Gasteiger partial charge >= 0.3 is 12.1 Å². The molecule has 6 heteroatoms. The third-order valence-electron chi connectivity index (χ3n) is 3.29. The number of anilines is 1. The molecule has 0 atom stereocenters. The predicted molar refractivity (Wildman–Crippen MR) is 74.3 cm³/mol. The topological polar surface area (TPSA) is 40.5 Å². The van der Waals surface area contributed by atoms with Crippen molar-refractivity contribution in [3.05, 3.63) is 35.4 Å². The van der Waals surface area contributed by atoms with E-state index >= 15 is 0 Å². The van der Waals surface area contributed by atoms with E-state index in [2.05, 4.69) is 0 Å². The fourth-order valence-electron chi connectivity index (χ4n) is 2.26. The summed E-state index contributed by atoms with van der Waals surface area (Å²) in [6.45, 7) is 0.780. The molecule has 21 heavy (non-hydrogen) atoms. The van der Waals surface area contributed by atoms with Crippen molar-refractivity contribution < 1.29 is 23.1 Å². The van der Waals surface area contributed by atoms with Gasteiger partial charge in [-0.1, -0.05) is 6.07 Å². The second kappa shape index (κ2) is 5.79. The molecular formula is C15H16F3NO2. The lowest BCUT2D eigenvalue weighted by molar-refractivity contribution is -0.131. The molecule has 1 aromatic rings. The molecular weight excluding hydrogens is 283 g/mol. The highest BCUT2D eigenvalue weighted by Gasteiger charge is 2.38. The standard InChI is InChI=1S/C15H16F3NO2/c1-10-8-11(3-7-14(20)21)2-6-13(10)19(12-4-5-12)9-15(16,17)18/h2-3,6-8,12H,4-5,9H2,1H3,(H,20,21). The summed E-state index contributed by atoms with van der Waals surface area (Å²) < 4.78 is 38.0. The number of alkyl halides is 3. The van der Waals surface area contributed by atoms with E-state index in [1.165, 1.54) is 11.0 Å². The number of nitrogens with zero attached hydrogens (tertiary/aromatic N) is 1. The summed E-state index contributed by atoms with van der Waals surface area (Å²) in [5.74, 6) is -1.06. The molecule has 1 saturated carbocycles. The van der Waals surface area contributed by atoms with Crippen molar-refractivity contribution in [2.45, 2.75) is 32.0 Å². The first-order valence-corrected chi connectivity index (χ1v) is 6.61. The smallest absolute Gasteiger partial charge is 0.405 e. The Morgan fingerprint density at radius 1 is 1.43 bits per heavy atom. The summed E-state index contributed by atoms with van der Waals surface area (Å²) in [6.07, 6.45) is -0.267. The Bertz CT molecular complexity index is 563. The van der Waals surface area contributed by atoms with Crippen LogP contribution in [0.5, 0.6) is 0 Å². The van der Waals surface area contributed by atoms with E-state index in [-0.39, 0.29) is 6.04 Å². The molecule has 114 valence electrons. The molecule has 1 aromatic carbocycles. The maximum absolute atomic E-state index is 12.7. The van der Waals surface area contributed by atoms with Crippen LogP contribution >= 0.6 is 0 Å². The first-order chi connectivity index (χ1) is 9.76. The Kier molecular flexibility index (Phi) is 4.25. The average molecular weight is 299 g/mol. The van der Waals surface area contributed by atoms with Gasteiger partial charge in [-0.3, -0.25) is 0 Å². The predicted octanol–water partition coefficient (Wildman–Crippen LogP) is 3.62. The van der Waals surface area contributed by atoms with Crippen LogP contribution in [0.2, 0.25) is 0 Å². The zero-order valence-corrected chi connectivity index (χ0v) is 11.5. The van der Waals surface area contributed by atoms with Crippen LogP contribution in [-0.2, 0) is 4.79 Å². The van der Waals surface area contributed by atoms with Crippen molar-refractivity contribution in [1.82, 2.24) is 0 Å². The number of rotatable bonds is 5. The molecule has 0 amide bonds. The minimum Gasteiger partial charge on any atom is -0.478 e. The highest BCUT2D eigenvalue weighted by atomic mass is 19.4. The number of aliphatic carboxylic acids is 1. The molecule has 0 spiro atoms. The maximum atomic E-state index is 12.7. The largest absolute Gasteiger partial charge is 0.478 e. The highest BCUT2D eigenvalue weighted by Crippen LogP contribution is 2.36. The van der Waals surface area contributed by atoms with Crippen LogP contribution in [0.4, 0.5) is 18.9 Å². The zero-order valence-electron chi connectivity index (χ0n) is 11.5. The summed E-state index contributed by atoms with van der Waals surface area (Å²) >= 11 is 0. The number of hydrogen-bond donors (Lipinski definition) is 1. The van der Waals surface area contributed by atoms with Gasteiger partial charge in [-0.05, 0) is 49.1 Å². The quantitative estimate of drug-likeness (QED) is 0.844. The lowest BCUT2D eigenvalue weighted by atomic mass is 10.1. The summed E-state index contributed by atoms with van der Waals surface area (Å²) in [7, 11) is 0. The lowest BCUT2D eigenvalue weighted by Crippen LogP contribution is -2.36. The summed E-state index contributed by atoms with van der Waals surface area (Å²) in [5.41, 5.74) is 1.92. The normalized spacial score (nSPS) is 15.4. The number of carboxylic acids is 1. The molecule has 2 rings (SSSR count). The van der Waals surface area contributed by atoms with Crippen LogP contribution in [0.25, 0.3) is 6.08 Å². The minimum absolute atomic E-state index is 0.0502. The fourth-order valence-corrected chi connectivity index (χ4v) is 2.26. The van der Waals surface area contributed by atoms with Crippen molar-refractivity contribution in [3.63, 3.8) is 0 Å². The van der Waals surface area contributed by atoms with E-state index in [1.54, 1.807) is 25.1 Å². The van der Waals surface area contributed by atoms with E-state index in [0.717, 1.165) is 18.9 Å². The highest BCUT2D eigenvalue weighted by molar-refractivity contribution is 5.85. The van der Waals surface area contributed by atoms with Crippen LogP contribution in [-0.4, -0.2) is 29.8 Å². The van der Waals surface area contributed by atoms with E-state index in [4.69, 9.17) is 5.11 Å². The van der Waals surface area contributed by atoms with E-state index in [9.17, 15) is 18.0 Å². The Morgan fingerprint density at radius 2 is 2.10 bits per heavy atom. The molecule has 1 N–H and O–H groups in total. The summed E-state index contributed by atoms with van der Waals surface area (Å²) in [4.78, 5) is 11.9. The van der Waals surface area contributed by atoms with Gasteiger partial charge in [-0.25, -0.2) is 4.79 Å². The summed E-state index contributed by atoms with van der Waals surface area (Å²) in [6, 6.07) is 4.90. The van der Waals surface area contributed by atoms with Gasteiger partial charge in [0.05, 0.1) is 0 Å². The molecule has 0 unspecified atom stereocenters. The molecule has 0 radical (unpaired) electrons. The number of carbonyl (C=O) groups is 1. The van der Waals surface area contributed by atoms with Gasteiger partial charge in [-0.15, -0.1) is 0 Å². The number of aryl methyl sites for hydroxylation is 1. The van der Waals surface area contributed by atoms with Crippen molar-refractivity contribution >= 4 is 17.7 Å².